The van der Waals surface area contributed by atoms with Gasteiger partial charge in [-0.05, 0) is 49.3 Å². The SMILES string of the molecule is CC1CCN(C(=O)[C@H]2CCCN(S(=O)(=O)Cc3ccc(Cl)cc3Cl)C2)CC1. The second-order valence-corrected chi connectivity index (χ2v) is 10.5. The van der Waals surface area contributed by atoms with E-state index in [4.69, 9.17) is 23.2 Å². The van der Waals surface area contributed by atoms with E-state index in [-0.39, 0.29) is 24.1 Å². The van der Waals surface area contributed by atoms with Crippen molar-refractivity contribution in [2.75, 3.05) is 26.2 Å². The van der Waals surface area contributed by atoms with Crippen molar-refractivity contribution in [1.82, 2.24) is 9.21 Å². The molecule has 0 saturated carbocycles. The smallest absolute Gasteiger partial charge is 0.227 e. The van der Waals surface area contributed by atoms with Crippen LogP contribution in [0.3, 0.4) is 0 Å². The maximum atomic E-state index is 12.9. The lowest BCUT2D eigenvalue weighted by Gasteiger charge is -2.37. The van der Waals surface area contributed by atoms with Crippen molar-refractivity contribution in [3.05, 3.63) is 33.8 Å². The first kappa shape index (κ1) is 20.9. The van der Waals surface area contributed by atoms with E-state index >= 15 is 0 Å². The van der Waals surface area contributed by atoms with Crippen LogP contribution in [-0.4, -0.2) is 49.7 Å². The lowest BCUT2D eigenvalue weighted by Crippen LogP contribution is -2.48. The number of carbonyl (C=O) groups excluding carboxylic acids is 1. The first-order valence-corrected chi connectivity index (χ1v) is 11.8. The number of likely N-dealkylation sites (tertiary alicyclic amines) is 1. The summed E-state index contributed by atoms with van der Waals surface area (Å²) in [5.41, 5.74) is 0.527. The molecule has 2 aliphatic heterocycles. The van der Waals surface area contributed by atoms with E-state index in [1.165, 1.54) is 4.31 Å². The number of hydrogen-bond acceptors (Lipinski definition) is 3. The number of carbonyl (C=O) groups is 1. The minimum absolute atomic E-state index is 0.103. The third-order valence-corrected chi connectivity index (χ3v) is 7.96. The molecule has 2 fully saturated rings. The number of halogens is 2. The minimum atomic E-state index is -3.54. The molecule has 1 aromatic carbocycles. The molecule has 0 N–H and O–H groups in total. The van der Waals surface area contributed by atoms with Crippen molar-refractivity contribution < 1.29 is 13.2 Å². The van der Waals surface area contributed by atoms with Crippen LogP contribution in [-0.2, 0) is 20.6 Å². The molecule has 150 valence electrons. The Kier molecular flexibility index (Phi) is 6.72. The zero-order valence-electron chi connectivity index (χ0n) is 15.5. The Bertz CT molecular complexity index is 792. The Labute approximate surface area is 171 Å². The van der Waals surface area contributed by atoms with Crippen molar-refractivity contribution >= 4 is 39.1 Å². The lowest BCUT2D eigenvalue weighted by molar-refractivity contribution is -0.138. The first-order valence-electron chi connectivity index (χ1n) is 9.47. The highest BCUT2D eigenvalue weighted by Crippen LogP contribution is 2.28. The predicted molar refractivity (Wildman–Crippen MR) is 108 cm³/mol. The summed E-state index contributed by atoms with van der Waals surface area (Å²) >= 11 is 12.0. The molecule has 2 aliphatic rings. The maximum absolute atomic E-state index is 12.9. The minimum Gasteiger partial charge on any atom is -0.342 e. The molecule has 0 radical (unpaired) electrons. The van der Waals surface area contributed by atoms with E-state index in [9.17, 15) is 13.2 Å². The van der Waals surface area contributed by atoms with Gasteiger partial charge in [-0.15, -0.1) is 0 Å². The predicted octanol–water partition coefficient (Wildman–Crippen LogP) is 3.79. The largest absolute Gasteiger partial charge is 0.342 e. The summed E-state index contributed by atoms with van der Waals surface area (Å²) in [6.45, 7) is 4.48. The summed E-state index contributed by atoms with van der Waals surface area (Å²) in [7, 11) is -3.54. The van der Waals surface area contributed by atoms with Crippen LogP contribution in [0.5, 0.6) is 0 Å². The number of nitrogens with zero attached hydrogens (tertiary/aromatic N) is 2. The Morgan fingerprint density at radius 1 is 1.15 bits per heavy atom. The molecule has 1 amide bonds. The number of piperidine rings is 2. The van der Waals surface area contributed by atoms with Crippen molar-refractivity contribution in [2.45, 2.75) is 38.4 Å². The Hall–Kier alpha value is -0.820. The van der Waals surface area contributed by atoms with Crippen LogP contribution in [0.2, 0.25) is 10.0 Å². The van der Waals surface area contributed by atoms with Gasteiger partial charge in [0.15, 0.2) is 0 Å². The fourth-order valence-corrected chi connectivity index (χ4v) is 6.01. The third-order valence-electron chi connectivity index (χ3n) is 5.58. The van der Waals surface area contributed by atoms with E-state index < -0.39 is 10.0 Å². The van der Waals surface area contributed by atoms with Crippen LogP contribution in [0.25, 0.3) is 0 Å². The molecule has 0 aliphatic carbocycles. The van der Waals surface area contributed by atoms with Gasteiger partial charge >= 0.3 is 0 Å². The average molecular weight is 433 g/mol. The summed E-state index contributed by atoms with van der Waals surface area (Å²) in [6, 6.07) is 4.83. The van der Waals surface area contributed by atoms with Gasteiger partial charge in [0.2, 0.25) is 15.9 Å². The third kappa shape index (κ3) is 5.17. The van der Waals surface area contributed by atoms with Crippen molar-refractivity contribution in [1.29, 1.82) is 0 Å². The molecule has 2 heterocycles. The second kappa shape index (κ2) is 8.68. The van der Waals surface area contributed by atoms with Gasteiger partial charge in [0.25, 0.3) is 0 Å². The van der Waals surface area contributed by atoms with Gasteiger partial charge in [-0.2, -0.15) is 0 Å². The highest BCUT2D eigenvalue weighted by molar-refractivity contribution is 7.88. The molecule has 0 unspecified atom stereocenters. The average Bonchev–Trinajstić information content (AvgIpc) is 2.64. The van der Waals surface area contributed by atoms with Crippen LogP contribution in [0, 0.1) is 11.8 Å². The number of amides is 1. The lowest BCUT2D eigenvalue weighted by atomic mass is 9.94. The van der Waals surface area contributed by atoms with Crippen LogP contribution in [0.1, 0.15) is 38.2 Å². The zero-order chi connectivity index (χ0) is 19.6. The molecular formula is C19H26Cl2N2O3S. The van der Waals surface area contributed by atoms with Crippen LogP contribution in [0.4, 0.5) is 0 Å². The monoisotopic (exact) mass is 432 g/mol. The molecule has 2 saturated heterocycles. The normalized spacial score (nSPS) is 22.8. The fourth-order valence-electron chi connectivity index (χ4n) is 3.81. The molecule has 3 rings (SSSR count). The summed E-state index contributed by atoms with van der Waals surface area (Å²) in [5, 5.41) is 0.818. The Balaban J connectivity index is 1.66. The van der Waals surface area contributed by atoms with E-state index in [1.807, 2.05) is 4.90 Å². The van der Waals surface area contributed by atoms with Crippen LogP contribution < -0.4 is 0 Å². The van der Waals surface area contributed by atoms with Gasteiger partial charge in [-0.25, -0.2) is 12.7 Å². The standard InChI is InChI=1S/C19H26Cl2N2O3S/c1-14-6-9-22(10-7-14)19(24)15-3-2-8-23(12-15)27(25,26)13-16-4-5-17(20)11-18(16)21/h4-5,11,14-15H,2-3,6-10,12-13H2,1H3/t15-/m0/s1. The maximum Gasteiger partial charge on any atom is 0.227 e. The molecule has 0 spiro atoms. The molecular weight excluding hydrogens is 407 g/mol. The van der Waals surface area contributed by atoms with Gasteiger partial charge in [0, 0.05) is 36.2 Å². The first-order chi connectivity index (χ1) is 12.8. The summed E-state index contributed by atoms with van der Waals surface area (Å²) in [5.74, 6) is 0.334. The quantitative estimate of drug-likeness (QED) is 0.726. The number of benzene rings is 1. The van der Waals surface area contributed by atoms with Gasteiger partial charge < -0.3 is 4.90 Å². The second-order valence-electron chi connectivity index (χ2n) is 7.70. The summed E-state index contributed by atoms with van der Waals surface area (Å²) in [6.07, 6.45) is 3.50. The van der Waals surface area contributed by atoms with Gasteiger partial charge in [-0.3, -0.25) is 4.79 Å². The molecule has 0 bridgehead atoms. The number of rotatable bonds is 4. The summed E-state index contributed by atoms with van der Waals surface area (Å²) in [4.78, 5) is 14.8. The topological polar surface area (TPSA) is 57.7 Å². The van der Waals surface area contributed by atoms with Gasteiger partial charge in [0.05, 0.1) is 11.7 Å². The van der Waals surface area contributed by atoms with Gasteiger partial charge in [0.1, 0.15) is 0 Å². The zero-order valence-corrected chi connectivity index (χ0v) is 17.9. The van der Waals surface area contributed by atoms with E-state index in [1.54, 1.807) is 18.2 Å². The van der Waals surface area contributed by atoms with Gasteiger partial charge in [-0.1, -0.05) is 36.2 Å². The number of hydrogen-bond donors (Lipinski definition) is 0. The molecule has 27 heavy (non-hydrogen) atoms. The highest BCUT2D eigenvalue weighted by Gasteiger charge is 2.35. The van der Waals surface area contributed by atoms with E-state index in [0.29, 0.717) is 34.5 Å². The van der Waals surface area contributed by atoms with Crippen molar-refractivity contribution in [2.24, 2.45) is 11.8 Å². The number of sulfonamides is 1. The fraction of sp³-hybridized carbons (Fsp3) is 0.632. The molecule has 5 nitrogen and oxygen atoms in total. The van der Waals surface area contributed by atoms with Crippen molar-refractivity contribution in [3.63, 3.8) is 0 Å². The van der Waals surface area contributed by atoms with Crippen LogP contribution >= 0.6 is 23.2 Å². The van der Waals surface area contributed by atoms with Crippen molar-refractivity contribution in [3.8, 4) is 0 Å². The van der Waals surface area contributed by atoms with E-state index in [0.717, 1.165) is 32.4 Å². The Morgan fingerprint density at radius 2 is 1.85 bits per heavy atom. The molecule has 0 aromatic heterocycles. The molecule has 1 atom stereocenters. The summed E-state index contributed by atoms with van der Waals surface area (Å²) < 4.78 is 27.2. The molecule has 1 aromatic rings. The molecule has 8 heteroatoms. The Morgan fingerprint density at radius 3 is 2.52 bits per heavy atom. The highest BCUT2D eigenvalue weighted by atomic mass is 35.5. The van der Waals surface area contributed by atoms with E-state index in [2.05, 4.69) is 6.92 Å². The van der Waals surface area contributed by atoms with Crippen LogP contribution in [0.15, 0.2) is 18.2 Å².